The maximum atomic E-state index is 14.9. The molecule has 27 heavy (non-hydrogen) atoms. The van der Waals surface area contributed by atoms with Crippen LogP contribution in [0, 0.1) is 11.7 Å². The number of benzene rings is 1. The van der Waals surface area contributed by atoms with Crippen LogP contribution < -0.4 is 15.6 Å². The number of nitrogens with zero attached hydrogens (tertiary/aromatic N) is 2. The van der Waals surface area contributed by atoms with Crippen LogP contribution in [0.15, 0.2) is 16.9 Å². The van der Waals surface area contributed by atoms with E-state index in [2.05, 4.69) is 5.32 Å². The first kappa shape index (κ1) is 18.1. The van der Waals surface area contributed by atoms with Crippen LogP contribution in [0.4, 0.5) is 10.1 Å². The van der Waals surface area contributed by atoms with E-state index in [1.165, 1.54) is 12.1 Å². The van der Waals surface area contributed by atoms with Crippen molar-refractivity contribution in [3.05, 3.63) is 33.5 Å². The van der Waals surface area contributed by atoms with E-state index in [4.69, 9.17) is 16.3 Å². The Hall–Kier alpha value is -2.28. The summed E-state index contributed by atoms with van der Waals surface area (Å²) in [6.07, 6.45) is 1.68. The van der Waals surface area contributed by atoms with Crippen molar-refractivity contribution < 1.29 is 13.9 Å². The molecule has 1 aromatic carbocycles. The van der Waals surface area contributed by atoms with E-state index in [0.29, 0.717) is 25.2 Å². The monoisotopic (exact) mass is 393 g/mol. The van der Waals surface area contributed by atoms with E-state index in [1.54, 1.807) is 9.36 Å². The maximum absolute atomic E-state index is 14.9. The lowest BCUT2D eigenvalue weighted by Gasteiger charge is -2.27. The summed E-state index contributed by atoms with van der Waals surface area (Å²) >= 11 is 6.40. The van der Waals surface area contributed by atoms with E-state index < -0.39 is 11.9 Å². The summed E-state index contributed by atoms with van der Waals surface area (Å²) in [6.45, 7) is 5.15. The number of fused-ring (bicyclic) bond motifs is 2. The van der Waals surface area contributed by atoms with E-state index in [-0.39, 0.29) is 39.4 Å². The average molecular weight is 394 g/mol. The summed E-state index contributed by atoms with van der Waals surface area (Å²) in [5.41, 5.74) is 0.224. The third-order valence-corrected chi connectivity index (χ3v) is 5.39. The highest BCUT2D eigenvalue weighted by Gasteiger charge is 2.31. The van der Waals surface area contributed by atoms with Crippen molar-refractivity contribution in [2.45, 2.75) is 52.3 Å². The van der Waals surface area contributed by atoms with Crippen molar-refractivity contribution in [1.82, 2.24) is 9.36 Å². The fraction of sp³-hybridized carbons (Fsp3) is 0.474. The summed E-state index contributed by atoms with van der Waals surface area (Å²) < 4.78 is 23.8. The molecule has 1 amide bonds. The Balaban J connectivity index is 1.78. The molecule has 1 aromatic heterocycles. The van der Waals surface area contributed by atoms with Crippen LogP contribution in [0.1, 0.15) is 33.1 Å². The minimum atomic E-state index is -0.654. The number of aromatic nitrogens is 2. The first-order valence-electron chi connectivity index (χ1n) is 9.17. The van der Waals surface area contributed by atoms with Crippen molar-refractivity contribution in [3.63, 3.8) is 0 Å². The fourth-order valence-electron chi connectivity index (χ4n) is 3.70. The minimum Gasteiger partial charge on any atom is -0.478 e. The topological polar surface area (TPSA) is 65.3 Å². The van der Waals surface area contributed by atoms with Gasteiger partial charge in [-0.05, 0) is 31.2 Å². The second kappa shape index (κ2) is 6.71. The summed E-state index contributed by atoms with van der Waals surface area (Å²) in [6, 6.07) is 2.65. The minimum absolute atomic E-state index is 0.0735. The number of carbonyl (C=O) groups excluding carboxylic acids is 1. The summed E-state index contributed by atoms with van der Waals surface area (Å²) in [5.74, 6) is -0.344. The number of halogens is 2. The highest BCUT2D eigenvalue weighted by molar-refractivity contribution is 6.32. The lowest BCUT2D eigenvalue weighted by molar-refractivity contribution is -0.124. The normalized spacial score (nSPS) is 18.7. The number of anilines is 1. The standard InChI is InChI=1S/C19H21ClFN3O3/c1-10(2)7-15-18(25)22-13-8-11(12(21)9-14(13)27-15)16-17(20)23-5-3-4-6-24(23)19(16)26/h8-10,15H,3-7H2,1-2H3,(H,22,25). The van der Waals surface area contributed by atoms with Gasteiger partial charge in [-0.15, -0.1) is 0 Å². The molecular formula is C19H21ClFN3O3. The third kappa shape index (κ3) is 3.04. The van der Waals surface area contributed by atoms with Crippen molar-refractivity contribution in [3.8, 4) is 16.9 Å². The van der Waals surface area contributed by atoms with Crippen LogP contribution >= 0.6 is 11.6 Å². The molecule has 0 fully saturated rings. The fourth-order valence-corrected chi connectivity index (χ4v) is 4.06. The van der Waals surface area contributed by atoms with Gasteiger partial charge >= 0.3 is 0 Å². The first-order valence-corrected chi connectivity index (χ1v) is 9.55. The molecule has 3 heterocycles. The Morgan fingerprint density at radius 3 is 2.63 bits per heavy atom. The van der Waals surface area contributed by atoms with Gasteiger partial charge in [-0.3, -0.25) is 14.3 Å². The van der Waals surface area contributed by atoms with E-state index in [0.717, 1.165) is 12.8 Å². The van der Waals surface area contributed by atoms with Gasteiger partial charge in [0.2, 0.25) is 0 Å². The lowest BCUT2D eigenvalue weighted by Crippen LogP contribution is -2.38. The zero-order chi connectivity index (χ0) is 19.3. The molecule has 2 aliphatic rings. The molecule has 1 unspecified atom stereocenters. The molecule has 0 spiro atoms. The van der Waals surface area contributed by atoms with Gasteiger partial charge in [-0.25, -0.2) is 9.07 Å². The van der Waals surface area contributed by atoms with Gasteiger partial charge in [0.15, 0.2) is 6.10 Å². The molecular weight excluding hydrogens is 373 g/mol. The van der Waals surface area contributed by atoms with Crippen LogP contribution in [-0.4, -0.2) is 21.4 Å². The molecule has 2 aliphatic heterocycles. The maximum Gasteiger partial charge on any atom is 0.276 e. The number of amides is 1. The predicted molar refractivity (Wildman–Crippen MR) is 101 cm³/mol. The molecule has 2 aromatic rings. The number of nitrogens with one attached hydrogen (secondary N) is 1. The van der Waals surface area contributed by atoms with Crippen LogP contribution in [-0.2, 0) is 17.9 Å². The Bertz CT molecular complexity index is 980. The van der Waals surface area contributed by atoms with Gasteiger partial charge in [0.25, 0.3) is 11.5 Å². The first-order chi connectivity index (χ1) is 12.9. The van der Waals surface area contributed by atoms with E-state index >= 15 is 0 Å². The number of hydrogen-bond acceptors (Lipinski definition) is 3. The number of hydrogen-bond donors (Lipinski definition) is 1. The molecule has 1 atom stereocenters. The SMILES string of the molecule is CC(C)CC1Oc2cc(F)c(-c3c(Cl)n4n(c3=O)CCCC4)cc2NC1=O. The number of rotatable bonds is 3. The highest BCUT2D eigenvalue weighted by atomic mass is 35.5. The largest absolute Gasteiger partial charge is 0.478 e. The van der Waals surface area contributed by atoms with Crippen molar-refractivity contribution in [2.24, 2.45) is 5.92 Å². The van der Waals surface area contributed by atoms with Gasteiger partial charge in [0.05, 0.1) is 11.3 Å². The number of carbonyl (C=O) groups is 1. The zero-order valence-corrected chi connectivity index (χ0v) is 16.0. The summed E-state index contributed by atoms with van der Waals surface area (Å²) in [4.78, 5) is 25.1. The van der Waals surface area contributed by atoms with Gasteiger partial charge < -0.3 is 10.1 Å². The number of ether oxygens (including phenoxy) is 1. The molecule has 0 aliphatic carbocycles. The van der Waals surface area contributed by atoms with Crippen molar-refractivity contribution in [1.29, 1.82) is 0 Å². The molecule has 0 radical (unpaired) electrons. The predicted octanol–water partition coefficient (Wildman–Crippen LogP) is 3.65. The molecule has 8 heteroatoms. The highest BCUT2D eigenvalue weighted by Crippen LogP contribution is 2.38. The Morgan fingerprint density at radius 2 is 1.96 bits per heavy atom. The Kier molecular flexibility index (Phi) is 4.50. The summed E-state index contributed by atoms with van der Waals surface area (Å²) in [7, 11) is 0. The molecule has 0 bridgehead atoms. The van der Waals surface area contributed by atoms with Crippen LogP contribution in [0.3, 0.4) is 0 Å². The van der Waals surface area contributed by atoms with Gasteiger partial charge in [0.1, 0.15) is 16.7 Å². The zero-order valence-electron chi connectivity index (χ0n) is 15.2. The molecule has 144 valence electrons. The van der Waals surface area contributed by atoms with Crippen LogP contribution in [0.2, 0.25) is 5.15 Å². The van der Waals surface area contributed by atoms with Gasteiger partial charge in [0, 0.05) is 24.7 Å². The molecule has 6 nitrogen and oxygen atoms in total. The van der Waals surface area contributed by atoms with E-state index in [1.807, 2.05) is 13.8 Å². The second-order valence-electron chi connectivity index (χ2n) is 7.48. The molecule has 1 N–H and O–H groups in total. The molecule has 0 saturated carbocycles. The third-order valence-electron chi connectivity index (χ3n) is 5.01. The van der Waals surface area contributed by atoms with E-state index in [9.17, 15) is 14.0 Å². The Morgan fingerprint density at radius 1 is 1.26 bits per heavy atom. The van der Waals surface area contributed by atoms with Crippen LogP contribution in [0.5, 0.6) is 5.75 Å². The average Bonchev–Trinajstić information content (AvgIpc) is 2.87. The van der Waals surface area contributed by atoms with Crippen molar-refractivity contribution in [2.75, 3.05) is 5.32 Å². The lowest BCUT2D eigenvalue weighted by atomic mass is 10.0. The quantitative estimate of drug-likeness (QED) is 0.865. The van der Waals surface area contributed by atoms with Gasteiger partial charge in [-0.2, -0.15) is 0 Å². The second-order valence-corrected chi connectivity index (χ2v) is 7.84. The van der Waals surface area contributed by atoms with Crippen molar-refractivity contribution >= 4 is 23.2 Å². The molecule has 4 rings (SSSR count). The Labute approximate surface area is 160 Å². The smallest absolute Gasteiger partial charge is 0.276 e. The van der Waals surface area contributed by atoms with Gasteiger partial charge in [-0.1, -0.05) is 25.4 Å². The summed E-state index contributed by atoms with van der Waals surface area (Å²) in [5, 5.41) is 2.99. The van der Waals surface area contributed by atoms with Crippen LogP contribution in [0.25, 0.3) is 11.1 Å². The molecule has 0 saturated heterocycles.